The highest BCUT2D eigenvalue weighted by Crippen LogP contribution is 2.50. The molecule has 0 aliphatic carbocycles. The summed E-state index contributed by atoms with van der Waals surface area (Å²) in [5.74, 6) is -2.84. The maximum atomic E-state index is 13.8. The van der Waals surface area contributed by atoms with E-state index in [1.54, 1.807) is 47.8 Å². The Bertz CT molecular complexity index is 1230. The van der Waals surface area contributed by atoms with Gasteiger partial charge in [0.1, 0.15) is 23.6 Å². The maximum Gasteiger partial charge on any atom is 0.291 e. The third kappa shape index (κ3) is 3.19. The Morgan fingerprint density at radius 3 is 2.71 bits per heavy atom. The molecule has 176 valence electrons. The van der Waals surface area contributed by atoms with Crippen molar-refractivity contribution in [1.82, 2.24) is 4.90 Å². The van der Waals surface area contributed by atoms with Gasteiger partial charge < -0.3 is 21.1 Å². The molecule has 0 radical (unpaired) electrons. The Hall–Kier alpha value is -3.43. The molecule has 9 nitrogen and oxygen atoms in total. The molecule has 2 saturated heterocycles. The fraction of sp³-hybridized carbons (Fsp3) is 0.333. The van der Waals surface area contributed by atoms with Gasteiger partial charge in [-0.1, -0.05) is 29.8 Å². The molecule has 2 fully saturated rings. The number of rotatable bonds is 6. The van der Waals surface area contributed by atoms with E-state index in [1.807, 2.05) is 0 Å². The molecule has 2 aromatic rings. The Morgan fingerprint density at radius 1 is 1.21 bits per heavy atom. The zero-order valence-corrected chi connectivity index (χ0v) is 19.2. The first-order valence-electron chi connectivity index (χ1n) is 11.0. The molecule has 2 aromatic carbocycles. The van der Waals surface area contributed by atoms with Crippen molar-refractivity contribution in [2.75, 3.05) is 12.4 Å². The number of halogens is 1. The van der Waals surface area contributed by atoms with Crippen LogP contribution >= 0.6 is 11.6 Å². The fourth-order valence-electron chi connectivity index (χ4n) is 5.73. The number of likely N-dealkylation sites (tertiary alicyclic amines) is 1. The molecule has 4 amide bonds. The minimum absolute atomic E-state index is 0.0251. The first-order chi connectivity index (χ1) is 16.3. The van der Waals surface area contributed by atoms with Crippen LogP contribution in [-0.2, 0) is 31.3 Å². The molecular weight excluding hydrogens is 460 g/mol. The van der Waals surface area contributed by atoms with E-state index in [1.165, 1.54) is 12.0 Å². The summed E-state index contributed by atoms with van der Waals surface area (Å²) >= 11 is 6.26. The quantitative estimate of drug-likeness (QED) is 0.514. The van der Waals surface area contributed by atoms with E-state index >= 15 is 0 Å². The number of anilines is 1. The number of nitrogens with one attached hydrogen (secondary N) is 1. The van der Waals surface area contributed by atoms with Crippen molar-refractivity contribution in [3.05, 3.63) is 58.6 Å². The van der Waals surface area contributed by atoms with E-state index in [-0.39, 0.29) is 31.2 Å². The van der Waals surface area contributed by atoms with Crippen LogP contribution in [0.15, 0.2) is 42.5 Å². The number of nitrogens with two attached hydrogens (primary N) is 2. The second-order valence-corrected chi connectivity index (χ2v) is 9.36. The number of quaternary nitrogens is 1. The molecule has 0 saturated carbocycles. The average Bonchev–Trinajstić information content (AvgIpc) is 3.39. The van der Waals surface area contributed by atoms with E-state index in [0.717, 1.165) is 0 Å². The van der Waals surface area contributed by atoms with Gasteiger partial charge in [0, 0.05) is 29.0 Å². The normalized spacial score (nSPS) is 27.2. The fourth-order valence-corrected chi connectivity index (χ4v) is 5.90. The topological polar surface area (TPSA) is 135 Å². The molecule has 0 aromatic heterocycles. The number of carbonyl (C=O) groups is 4. The van der Waals surface area contributed by atoms with E-state index in [9.17, 15) is 19.2 Å². The summed E-state index contributed by atoms with van der Waals surface area (Å²) in [5, 5.41) is 5.03. The minimum atomic E-state index is -1.35. The predicted molar refractivity (Wildman–Crippen MR) is 121 cm³/mol. The maximum absolute atomic E-state index is 13.8. The molecule has 0 bridgehead atoms. The smallest absolute Gasteiger partial charge is 0.291 e. The second kappa shape index (κ2) is 8.11. The van der Waals surface area contributed by atoms with Crippen molar-refractivity contribution in [1.29, 1.82) is 0 Å². The van der Waals surface area contributed by atoms with Gasteiger partial charge in [-0.2, -0.15) is 0 Å². The molecule has 1 spiro atoms. The second-order valence-electron chi connectivity index (χ2n) is 8.93. The third-order valence-electron chi connectivity index (χ3n) is 7.17. The summed E-state index contributed by atoms with van der Waals surface area (Å²) in [6.07, 6.45) is 0.307. The summed E-state index contributed by atoms with van der Waals surface area (Å²) in [6, 6.07) is 11.7. The number of para-hydroxylation sites is 1. The molecule has 5 rings (SSSR count). The number of amides is 4. The number of hydrogen-bond donors (Lipinski definition) is 3. The Labute approximate surface area is 200 Å². The lowest BCUT2D eigenvalue weighted by molar-refractivity contribution is -0.734. The van der Waals surface area contributed by atoms with Crippen molar-refractivity contribution in [2.45, 2.75) is 31.0 Å². The minimum Gasteiger partial charge on any atom is -0.496 e. The van der Waals surface area contributed by atoms with Crippen molar-refractivity contribution >= 4 is 40.9 Å². The van der Waals surface area contributed by atoms with Gasteiger partial charge in [-0.05, 0) is 24.3 Å². The lowest BCUT2D eigenvalue weighted by atomic mass is 9.76. The summed E-state index contributed by atoms with van der Waals surface area (Å²) in [7, 11) is 1.52. The largest absolute Gasteiger partial charge is 0.496 e. The highest BCUT2D eigenvalue weighted by molar-refractivity contribution is 6.31. The summed E-state index contributed by atoms with van der Waals surface area (Å²) < 4.78 is 5.39. The van der Waals surface area contributed by atoms with E-state index in [0.29, 0.717) is 27.6 Å². The van der Waals surface area contributed by atoms with E-state index in [4.69, 9.17) is 22.1 Å². The number of imide groups is 1. The van der Waals surface area contributed by atoms with Crippen LogP contribution in [0.1, 0.15) is 24.0 Å². The molecular formula is C24H24ClN4O5+. The molecule has 3 aliphatic heterocycles. The summed E-state index contributed by atoms with van der Waals surface area (Å²) in [4.78, 5) is 53.6. The van der Waals surface area contributed by atoms with Gasteiger partial charge in [-0.15, -0.1) is 0 Å². The van der Waals surface area contributed by atoms with Gasteiger partial charge >= 0.3 is 0 Å². The number of nitrogens with zero attached hydrogens (tertiary/aromatic N) is 1. The monoisotopic (exact) mass is 483 g/mol. The van der Waals surface area contributed by atoms with Gasteiger partial charge in [0.2, 0.25) is 23.3 Å². The first kappa shape index (κ1) is 22.4. The van der Waals surface area contributed by atoms with Gasteiger partial charge in [0.25, 0.3) is 5.91 Å². The number of carbonyl (C=O) groups excluding carboxylic acids is 4. The molecule has 34 heavy (non-hydrogen) atoms. The Morgan fingerprint density at radius 2 is 1.97 bits per heavy atom. The van der Waals surface area contributed by atoms with Crippen LogP contribution in [0.5, 0.6) is 5.75 Å². The van der Waals surface area contributed by atoms with Crippen LogP contribution in [0.2, 0.25) is 5.02 Å². The van der Waals surface area contributed by atoms with Gasteiger partial charge in [0.05, 0.1) is 19.3 Å². The van der Waals surface area contributed by atoms with Gasteiger partial charge in [-0.3, -0.25) is 24.1 Å². The molecule has 4 atom stereocenters. The van der Waals surface area contributed by atoms with Crippen LogP contribution in [-0.4, -0.2) is 41.7 Å². The number of fused-ring (bicyclic) bond motifs is 4. The highest BCUT2D eigenvalue weighted by Gasteiger charge is 2.74. The molecule has 5 N–H and O–H groups in total. The van der Waals surface area contributed by atoms with Crippen molar-refractivity contribution in [3.8, 4) is 5.75 Å². The van der Waals surface area contributed by atoms with Crippen LogP contribution < -0.4 is 21.1 Å². The van der Waals surface area contributed by atoms with Crippen LogP contribution in [0.3, 0.4) is 0 Å². The zero-order valence-electron chi connectivity index (χ0n) is 18.4. The lowest BCUT2D eigenvalue weighted by Gasteiger charge is -2.26. The first-order valence-corrected chi connectivity index (χ1v) is 11.4. The lowest BCUT2D eigenvalue weighted by Crippen LogP contribution is -2.99. The Balaban J connectivity index is 1.59. The van der Waals surface area contributed by atoms with Crippen LogP contribution in [0.25, 0.3) is 0 Å². The van der Waals surface area contributed by atoms with Crippen molar-refractivity contribution in [2.24, 2.45) is 17.6 Å². The molecule has 0 unspecified atom stereocenters. The standard InChI is InChI=1S/C24H23ClN4O5/c1-34-17-5-3-2-4-12(17)11-29-21(31)19-16(8-9-18(26)30)28-24(20(19)22(29)32)14-10-13(25)6-7-15(14)27-23(24)33/h2-7,10,16,19-20,28H,8-9,11H2,1H3,(H2,26,30)(H,27,33)/p+1/t16-,19+,20-,24+/m1/s1. The van der Waals surface area contributed by atoms with E-state index in [2.05, 4.69) is 5.32 Å². The average molecular weight is 484 g/mol. The summed E-state index contributed by atoms with van der Waals surface area (Å²) in [6.45, 7) is 0.0251. The predicted octanol–water partition coefficient (Wildman–Crippen LogP) is 0.509. The molecule has 10 heteroatoms. The van der Waals surface area contributed by atoms with Crippen LogP contribution in [0.4, 0.5) is 5.69 Å². The van der Waals surface area contributed by atoms with Gasteiger partial charge in [0.15, 0.2) is 0 Å². The number of hydrogen-bond acceptors (Lipinski definition) is 5. The van der Waals surface area contributed by atoms with Crippen molar-refractivity contribution < 1.29 is 29.2 Å². The van der Waals surface area contributed by atoms with Crippen molar-refractivity contribution in [3.63, 3.8) is 0 Å². The number of methoxy groups -OCH3 is 1. The zero-order chi connectivity index (χ0) is 24.2. The van der Waals surface area contributed by atoms with Crippen LogP contribution in [0, 0.1) is 11.8 Å². The highest BCUT2D eigenvalue weighted by atomic mass is 35.5. The number of benzene rings is 2. The molecule has 3 heterocycles. The molecule has 3 aliphatic rings. The Kier molecular flexibility index (Phi) is 5.33. The number of ether oxygens (including phenoxy) is 1. The third-order valence-corrected chi connectivity index (χ3v) is 7.40. The van der Waals surface area contributed by atoms with Gasteiger partial charge in [-0.25, -0.2) is 0 Å². The number of primary amides is 1. The summed E-state index contributed by atoms with van der Waals surface area (Å²) in [5.41, 5.74) is 5.83. The SMILES string of the molecule is COc1ccccc1CN1C(=O)[C@H]2[C@@H](CCC(N)=O)[NH2+][C@]3(C(=O)Nc4ccc(Cl)cc43)[C@H]2C1=O. The van der Waals surface area contributed by atoms with E-state index < -0.39 is 35.2 Å².